The van der Waals surface area contributed by atoms with E-state index in [-0.39, 0.29) is 19.1 Å². The van der Waals surface area contributed by atoms with Crippen LogP contribution in [0.1, 0.15) is 271 Å². The summed E-state index contributed by atoms with van der Waals surface area (Å²) >= 11 is 0. The van der Waals surface area contributed by atoms with Crippen molar-refractivity contribution in [3.05, 3.63) is 97.2 Å². The van der Waals surface area contributed by atoms with Crippen LogP contribution in [-0.2, 0) is 18.4 Å². The number of phosphoric acid groups is 1. The van der Waals surface area contributed by atoms with Crippen LogP contribution in [0, 0.1) is 0 Å². The van der Waals surface area contributed by atoms with Crippen LogP contribution in [0.4, 0.5) is 0 Å². The maximum absolute atomic E-state index is 13.0. The number of hydrogen-bond donors (Lipinski definition) is 3. The highest BCUT2D eigenvalue weighted by Crippen LogP contribution is 2.43. The Kier molecular flexibility index (Phi) is 55.2. The molecule has 0 aliphatic heterocycles. The second kappa shape index (κ2) is 57.1. The van der Waals surface area contributed by atoms with Crippen LogP contribution in [0.2, 0.25) is 0 Å². The zero-order chi connectivity index (χ0) is 55.6. The Morgan fingerprint density at radius 1 is 0.461 bits per heavy atom. The van der Waals surface area contributed by atoms with E-state index in [0.717, 1.165) is 83.5 Å². The van der Waals surface area contributed by atoms with Gasteiger partial charge in [-0.1, -0.05) is 284 Å². The van der Waals surface area contributed by atoms with Gasteiger partial charge in [0.25, 0.3) is 0 Å². The molecule has 1 amide bonds. The number of rotatable bonds is 57. The zero-order valence-corrected chi connectivity index (χ0v) is 51.1. The fourth-order valence-electron chi connectivity index (χ4n) is 8.91. The molecule has 0 heterocycles. The van der Waals surface area contributed by atoms with Gasteiger partial charge in [-0.3, -0.25) is 13.8 Å². The van der Waals surface area contributed by atoms with Gasteiger partial charge in [0.05, 0.1) is 39.9 Å². The third kappa shape index (κ3) is 59.1. The number of carbonyl (C=O) groups excluding carboxylic acids is 1. The fourth-order valence-corrected chi connectivity index (χ4v) is 9.64. The van der Waals surface area contributed by atoms with Gasteiger partial charge in [-0.15, -0.1) is 0 Å². The van der Waals surface area contributed by atoms with Crippen molar-refractivity contribution in [3.63, 3.8) is 0 Å². The molecule has 0 aromatic carbocycles. The first kappa shape index (κ1) is 73.4. The lowest BCUT2D eigenvalue weighted by Crippen LogP contribution is -2.45. The van der Waals surface area contributed by atoms with Crippen LogP contribution in [0.25, 0.3) is 0 Å². The molecule has 0 fully saturated rings. The van der Waals surface area contributed by atoms with E-state index in [4.69, 9.17) is 9.05 Å². The molecule has 0 aromatic rings. The SMILES string of the molecule is CC/C=C\C/C=C\C/C=C\C/C=C\C/C=C\C/C=C\C/C=C\CCCCCCCCCCCCCC(=O)NC(COP(=O)(O)OCC[N+](C)(C)C)C(O)/C=C/CCCCCCCCCCCCCCCCCCCCC. The summed E-state index contributed by atoms with van der Waals surface area (Å²) in [6.07, 6.45) is 82.3. The predicted octanol–water partition coefficient (Wildman–Crippen LogP) is 19.8. The Hall–Kier alpha value is -2.58. The van der Waals surface area contributed by atoms with Gasteiger partial charge in [0.2, 0.25) is 5.91 Å². The summed E-state index contributed by atoms with van der Waals surface area (Å²) in [6, 6.07) is -0.855. The number of quaternary nitrogens is 1. The Labute approximate surface area is 470 Å². The quantitative estimate of drug-likeness (QED) is 0.0243. The van der Waals surface area contributed by atoms with Crippen molar-refractivity contribution in [2.45, 2.75) is 283 Å². The second-order valence-corrected chi connectivity index (χ2v) is 23.9. The lowest BCUT2D eigenvalue weighted by Gasteiger charge is -2.25. The number of phosphoric ester groups is 1. The van der Waals surface area contributed by atoms with Crippen LogP contribution in [0.15, 0.2) is 97.2 Å². The van der Waals surface area contributed by atoms with E-state index in [9.17, 15) is 19.4 Å². The Morgan fingerprint density at radius 3 is 1.16 bits per heavy atom. The third-order valence-electron chi connectivity index (χ3n) is 13.8. The minimum absolute atomic E-state index is 0.0575. The highest BCUT2D eigenvalue weighted by Gasteiger charge is 2.27. The molecule has 76 heavy (non-hydrogen) atoms. The average Bonchev–Trinajstić information content (AvgIpc) is 3.38. The van der Waals surface area contributed by atoms with Crippen molar-refractivity contribution in [1.82, 2.24) is 5.32 Å². The molecular formula is C67H122N2O6P+. The highest BCUT2D eigenvalue weighted by molar-refractivity contribution is 7.47. The number of likely N-dealkylation sites (N-methyl/N-ethyl adjacent to an activating group) is 1. The Morgan fingerprint density at radius 2 is 0.789 bits per heavy atom. The monoisotopic (exact) mass is 1080 g/mol. The maximum Gasteiger partial charge on any atom is 0.472 e. The van der Waals surface area contributed by atoms with E-state index in [1.165, 1.54) is 167 Å². The first-order chi connectivity index (χ1) is 37.0. The summed E-state index contributed by atoms with van der Waals surface area (Å²) in [4.78, 5) is 23.4. The van der Waals surface area contributed by atoms with Gasteiger partial charge in [-0.2, -0.15) is 0 Å². The molecule has 3 atom stereocenters. The average molecular weight is 1080 g/mol. The van der Waals surface area contributed by atoms with Crippen molar-refractivity contribution in [3.8, 4) is 0 Å². The van der Waals surface area contributed by atoms with E-state index < -0.39 is 20.0 Å². The first-order valence-corrected chi connectivity index (χ1v) is 33.1. The van der Waals surface area contributed by atoms with Crippen LogP contribution in [0.3, 0.4) is 0 Å². The fraction of sp³-hybridized carbons (Fsp3) is 0.746. The van der Waals surface area contributed by atoms with Gasteiger partial charge in [0.15, 0.2) is 0 Å². The van der Waals surface area contributed by atoms with Gasteiger partial charge >= 0.3 is 7.82 Å². The number of nitrogens with one attached hydrogen (secondary N) is 1. The molecule has 0 aliphatic carbocycles. The number of amides is 1. The van der Waals surface area contributed by atoms with Crippen LogP contribution in [0.5, 0.6) is 0 Å². The van der Waals surface area contributed by atoms with Gasteiger partial charge in [0.1, 0.15) is 13.2 Å². The van der Waals surface area contributed by atoms with E-state index in [2.05, 4.69) is 104 Å². The minimum atomic E-state index is -4.36. The Balaban J connectivity index is 4.16. The summed E-state index contributed by atoms with van der Waals surface area (Å²) in [7, 11) is 1.57. The minimum Gasteiger partial charge on any atom is -0.387 e. The molecule has 0 saturated heterocycles. The number of allylic oxidation sites excluding steroid dienone is 15. The van der Waals surface area contributed by atoms with Crippen LogP contribution < -0.4 is 5.32 Å². The lowest BCUT2D eigenvalue weighted by atomic mass is 10.0. The van der Waals surface area contributed by atoms with E-state index >= 15 is 0 Å². The second-order valence-electron chi connectivity index (χ2n) is 22.4. The smallest absolute Gasteiger partial charge is 0.387 e. The molecule has 0 saturated carbocycles. The van der Waals surface area contributed by atoms with Crippen molar-refractivity contribution in [2.24, 2.45) is 0 Å². The number of nitrogens with zero attached hydrogens (tertiary/aromatic N) is 1. The number of unbranched alkanes of at least 4 members (excludes halogenated alkanes) is 30. The van der Waals surface area contributed by atoms with Crippen molar-refractivity contribution in [1.29, 1.82) is 0 Å². The molecular weight excluding hydrogens is 960 g/mol. The molecule has 3 unspecified atom stereocenters. The molecule has 0 spiro atoms. The summed E-state index contributed by atoms with van der Waals surface area (Å²) in [5.41, 5.74) is 0. The summed E-state index contributed by atoms with van der Waals surface area (Å²) in [5, 5.41) is 14.0. The van der Waals surface area contributed by atoms with Crippen molar-refractivity contribution < 1.29 is 32.9 Å². The van der Waals surface area contributed by atoms with Crippen molar-refractivity contribution >= 4 is 13.7 Å². The topological polar surface area (TPSA) is 105 Å². The molecule has 0 aliphatic rings. The van der Waals surface area contributed by atoms with Crippen molar-refractivity contribution in [2.75, 3.05) is 40.9 Å². The summed E-state index contributed by atoms with van der Waals surface area (Å²) < 4.78 is 23.8. The van der Waals surface area contributed by atoms with Gasteiger partial charge in [-0.25, -0.2) is 4.57 Å². The molecule has 0 bridgehead atoms. The van der Waals surface area contributed by atoms with Crippen LogP contribution >= 0.6 is 7.82 Å². The van der Waals surface area contributed by atoms with E-state index in [1.54, 1.807) is 6.08 Å². The lowest BCUT2D eigenvalue weighted by molar-refractivity contribution is -0.870. The highest BCUT2D eigenvalue weighted by atomic mass is 31.2. The standard InChI is InChI=1S/C67H121N2O6P/c1-6-8-10-12-14-16-18-20-22-24-26-28-29-30-31-32-33-34-35-36-37-38-39-41-43-45-47-49-51-53-55-57-59-61-67(71)68-65(64-75-76(72,73)74-63-62-69(3,4)5)66(70)60-58-56-54-52-50-48-46-44-42-40-27-25-23-21-19-17-15-13-11-9-7-2/h8,10,14,16,20,22,26,28,30-31,33-34,36-37,58,60,65-66,70H,6-7,9,11-13,15,17-19,21,23-25,27,29,32,35,38-57,59,61-64H2,1-5H3,(H-,68,71,72,73)/p+1/b10-8-,16-14-,22-20-,28-26-,31-30-,34-33-,37-36-,60-58+. The number of hydrogen-bond acceptors (Lipinski definition) is 5. The first-order valence-electron chi connectivity index (χ1n) is 31.6. The number of aliphatic hydroxyl groups is 1. The molecule has 3 N–H and O–H groups in total. The molecule has 0 radical (unpaired) electrons. The van der Waals surface area contributed by atoms with Gasteiger partial charge < -0.3 is 19.8 Å². The normalized spacial score (nSPS) is 14.5. The predicted molar refractivity (Wildman–Crippen MR) is 332 cm³/mol. The van der Waals surface area contributed by atoms with Crippen LogP contribution in [-0.4, -0.2) is 73.4 Å². The Bertz CT molecular complexity index is 1560. The maximum atomic E-state index is 13.0. The molecule has 8 nitrogen and oxygen atoms in total. The van der Waals surface area contributed by atoms with Gasteiger partial charge in [0, 0.05) is 6.42 Å². The number of carbonyl (C=O) groups is 1. The van der Waals surface area contributed by atoms with E-state index in [1.807, 2.05) is 27.2 Å². The molecule has 0 aromatic heterocycles. The zero-order valence-electron chi connectivity index (χ0n) is 50.2. The third-order valence-corrected chi connectivity index (χ3v) is 14.8. The largest absolute Gasteiger partial charge is 0.472 e. The van der Waals surface area contributed by atoms with Gasteiger partial charge in [-0.05, 0) is 77.0 Å². The molecule has 9 heteroatoms. The molecule has 0 rings (SSSR count). The van der Waals surface area contributed by atoms with E-state index in [0.29, 0.717) is 17.4 Å². The summed E-state index contributed by atoms with van der Waals surface area (Å²) in [6.45, 7) is 4.72. The molecule has 440 valence electrons. The summed E-state index contributed by atoms with van der Waals surface area (Å²) in [5.74, 6) is -0.182. The number of aliphatic hydroxyl groups excluding tert-OH is 1.